The molecule has 0 bridgehead atoms. The fraction of sp³-hybridized carbons (Fsp3) is 0.562. The van der Waals surface area contributed by atoms with E-state index in [0.29, 0.717) is 6.54 Å². The summed E-state index contributed by atoms with van der Waals surface area (Å²) in [5.41, 5.74) is 4.02. The molecule has 0 radical (unpaired) electrons. The van der Waals surface area contributed by atoms with E-state index in [1.165, 1.54) is 16.8 Å². The molecule has 1 heterocycles. The minimum absolute atomic E-state index is 0.252. The second-order valence-corrected chi connectivity index (χ2v) is 5.03. The summed E-state index contributed by atoms with van der Waals surface area (Å²) in [5.74, 6) is 0.252. The zero-order valence-electron chi connectivity index (χ0n) is 12.3. The van der Waals surface area contributed by atoms with Gasteiger partial charge < -0.3 is 9.80 Å². The van der Waals surface area contributed by atoms with Gasteiger partial charge in [0, 0.05) is 25.3 Å². The van der Waals surface area contributed by atoms with Crippen molar-refractivity contribution in [3.8, 4) is 0 Å². The Bertz CT molecular complexity index is 434. The van der Waals surface area contributed by atoms with E-state index in [9.17, 15) is 4.79 Å². The van der Waals surface area contributed by atoms with Crippen LogP contribution in [0.1, 0.15) is 31.9 Å². The molecule has 0 spiro atoms. The van der Waals surface area contributed by atoms with Gasteiger partial charge in [0.1, 0.15) is 0 Å². The summed E-state index contributed by atoms with van der Waals surface area (Å²) in [4.78, 5) is 16.3. The molecule has 0 saturated carbocycles. The summed E-state index contributed by atoms with van der Waals surface area (Å²) < 4.78 is 0. The molecular weight excluding hydrogens is 236 g/mol. The van der Waals surface area contributed by atoms with Gasteiger partial charge in [-0.2, -0.15) is 0 Å². The normalized spacial score (nSPS) is 16.1. The van der Waals surface area contributed by atoms with Gasteiger partial charge in [0.15, 0.2) is 0 Å². The third-order valence-corrected chi connectivity index (χ3v) is 3.98. The van der Waals surface area contributed by atoms with Gasteiger partial charge in [-0.1, -0.05) is 32.0 Å². The second-order valence-electron chi connectivity index (χ2n) is 5.03. The van der Waals surface area contributed by atoms with Gasteiger partial charge in [0.25, 0.3) is 0 Å². The number of benzene rings is 1. The minimum Gasteiger partial charge on any atom is -0.360 e. The highest BCUT2D eigenvalue weighted by Crippen LogP contribution is 2.28. The van der Waals surface area contributed by atoms with E-state index in [4.69, 9.17) is 0 Å². The third-order valence-electron chi connectivity index (χ3n) is 3.98. The van der Waals surface area contributed by atoms with Crippen molar-refractivity contribution < 1.29 is 4.79 Å². The maximum Gasteiger partial charge on any atom is 0.242 e. The lowest BCUT2D eigenvalue weighted by Gasteiger charge is -2.37. The molecule has 0 N–H and O–H groups in total. The first-order chi connectivity index (χ1) is 9.21. The summed E-state index contributed by atoms with van der Waals surface area (Å²) in [6.45, 7) is 9.55. The van der Waals surface area contributed by atoms with Crippen molar-refractivity contribution in [3.63, 3.8) is 0 Å². The lowest BCUT2D eigenvalue weighted by Crippen LogP contribution is -2.50. The van der Waals surface area contributed by atoms with E-state index in [-0.39, 0.29) is 5.91 Å². The Balaban J connectivity index is 2.29. The number of nitrogens with zero attached hydrogens (tertiary/aromatic N) is 2. The first kappa shape index (κ1) is 13.9. The highest BCUT2D eigenvalue weighted by molar-refractivity contribution is 5.83. The quantitative estimate of drug-likeness (QED) is 0.830. The molecular formula is C16H24N2O. The van der Waals surface area contributed by atoms with Crippen LogP contribution in [0.3, 0.4) is 0 Å². The Labute approximate surface area is 116 Å². The van der Waals surface area contributed by atoms with Crippen molar-refractivity contribution in [1.29, 1.82) is 0 Å². The summed E-state index contributed by atoms with van der Waals surface area (Å²) in [5, 5.41) is 0. The molecule has 1 aromatic rings. The topological polar surface area (TPSA) is 23.6 Å². The predicted octanol–water partition coefficient (Wildman–Crippen LogP) is 2.48. The van der Waals surface area contributed by atoms with Crippen LogP contribution >= 0.6 is 0 Å². The van der Waals surface area contributed by atoms with Crippen molar-refractivity contribution in [2.24, 2.45) is 0 Å². The van der Waals surface area contributed by atoms with Crippen LogP contribution < -0.4 is 4.90 Å². The number of amides is 1. The maximum atomic E-state index is 12.1. The Morgan fingerprint density at radius 1 is 1.05 bits per heavy atom. The third kappa shape index (κ3) is 2.75. The SMILES string of the molecule is CCc1cccc(CC)c1N1CCN(CC)C(=O)C1. The Morgan fingerprint density at radius 2 is 1.68 bits per heavy atom. The van der Waals surface area contributed by atoms with E-state index in [0.717, 1.165) is 32.5 Å². The average molecular weight is 260 g/mol. The largest absolute Gasteiger partial charge is 0.360 e. The van der Waals surface area contributed by atoms with Crippen molar-refractivity contribution in [2.75, 3.05) is 31.1 Å². The Kier molecular flexibility index (Phi) is 4.46. The van der Waals surface area contributed by atoms with Crippen molar-refractivity contribution in [3.05, 3.63) is 29.3 Å². The van der Waals surface area contributed by atoms with Crippen molar-refractivity contribution in [1.82, 2.24) is 4.90 Å². The van der Waals surface area contributed by atoms with Gasteiger partial charge in [-0.3, -0.25) is 4.79 Å². The molecule has 0 aromatic heterocycles. The zero-order valence-corrected chi connectivity index (χ0v) is 12.3. The zero-order chi connectivity index (χ0) is 13.8. The van der Waals surface area contributed by atoms with Crippen LogP contribution in [0.5, 0.6) is 0 Å². The standard InChI is InChI=1S/C16H24N2O/c1-4-13-8-7-9-14(5-2)16(13)18-11-10-17(6-3)15(19)12-18/h7-9H,4-6,10-12H2,1-3H3. The number of hydrogen-bond acceptors (Lipinski definition) is 2. The number of carbonyl (C=O) groups is 1. The molecule has 2 rings (SSSR count). The number of carbonyl (C=O) groups excluding carboxylic acids is 1. The molecule has 3 heteroatoms. The molecule has 104 valence electrons. The molecule has 1 aliphatic rings. The monoisotopic (exact) mass is 260 g/mol. The molecule has 3 nitrogen and oxygen atoms in total. The van der Waals surface area contributed by atoms with E-state index < -0.39 is 0 Å². The molecule has 1 aromatic carbocycles. The van der Waals surface area contributed by atoms with Crippen molar-refractivity contribution >= 4 is 11.6 Å². The van der Waals surface area contributed by atoms with Crippen LogP contribution in [0.15, 0.2) is 18.2 Å². The molecule has 0 unspecified atom stereocenters. The summed E-state index contributed by atoms with van der Waals surface area (Å²) >= 11 is 0. The van der Waals surface area contributed by atoms with Gasteiger partial charge in [-0.05, 0) is 30.9 Å². The molecule has 1 amide bonds. The predicted molar refractivity (Wildman–Crippen MR) is 79.7 cm³/mol. The van der Waals surface area contributed by atoms with Crippen LogP contribution in [-0.2, 0) is 17.6 Å². The van der Waals surface area contributed by atoms with Crippen LogP contribution in [0.2, 0.25) is 0 Å². The van der Waals surface area contributed by atoms with E-state index in [1.54, 1.807) is 0 Å². The molecule has 1 fully saturated rings. The van der Waals surface area contributed by atoms with Crippen molar-refractivity contribution in [2.45, 2.75) is 33.6 Å². The summed E-state index contributed by atoms with van der Waals surface area (Å²) in [6.07, 6.45) is 2.04. The molecule has 1 saturated heterocycles. The van der Waals surface area contributed by atoms with E-state index >= 15 is 0 Å². The van der Waals surface area contributed by atoms with Crippen LogP contribution in [-0.4, -0.2) is 37.0 Å². The number of hydrogen-bond donors (Lipinski definition) is 0. The fourth-order valence-electron chi connectivity index (χ4n) is 2.86. The lowest BCUT2D eigenvalue weighted by molar-refractivity contribution is -0.130. The molecule has 1 aliphatic heterocycles. The van der Waals surface area contributed by atoms with Crippen LogP contribution in [0.4, 0.5) is 5.69 Å². The number of anilines is 1. The van der Waals surface area contributed by atoms with Crippen LogP contribution in [0, 0.1) is 0 Å². The lowest BCUT2D eigenvalue weighted by atomic mass is 10.0. The Hall–Kier alpha value is -1.51. The first-order valence-corrected chi connectivity index (χ1v) is 7.34. The van der Waals surface area contributed by atoms with Crippen LogP contribution in [0.25, 0.3) is 0 Å². The van der Waals surface area contributed by atoms with Gasteiger partial charge in [0.05, 0.1) is 6.54 Å². The highest BCUT2D eigenvalue weighted by Gasteiger charge is 2.25. The minimum atomic E-state index is 0.252. The number of piperazine rings is 1. The number of aryl methyl sites for hydroxylation is 2. The summed E-state index contributed by atoms with van der Waals surface area (Å²) in [6, 6.07) is 6.50. The first-order valence-electron chi connectivity index (χ1n) is 7.34. The van der Waals surface area contributed by atoms with E-state index in [2.05, 4.69) is 36.9 Å². The highest BCUT2D eigenvalue weighted by atomic mass is 16.2. The molecule has 19 heavy (non-hydrogen) atoms. The molecule has 0 atom stereocenters. The van der Waals surface area contributed by atoms with Gasteiger partial charge in [0.2, 0.25) is 5.91 Å². The second kappa shape index (κ2) is 6.09. The Morgan fingerprint density at radius 3 is 2.16 bits per heavy atom. The fourth-order valence-corrected chi connectivity index (χ4v) is 2.86. The number of para-hydroxylation sites is 1. The van der Waals surface area contributed by atoms with E-state index in [1.807, 2.05) is 11.8 Å². The van der Waals surface area contributed by atoms with Gasteiger partial charge in [-0.25, -0.2) is 0 Å². The average Bonchev–Trinajstić information content (AvgIpc) is 2.46. The van der Waals surface area contributed by atoms with Gasteiger partial charge >= 0.3 is 0 Å². The smallest absolute Gasteiger partial charge is 0.242 e. The molecule has 0 aliphatic carbocycles. The number of likely N-dealkylation sites (N-methyl/N-ethyl adjacent to an activating group) is 1. The number of rotatable bonds is 4. The maximum absolute atomic E-state index is 12.1. The summed E-state index contributed by atoms with van der Waals surface area (Å²) in [7, 11) is 0. The van der Waals surface area contributed by atoms with Gasteiger partial charge in [-0.15, -0.1) is 0 Å².